The quantitative estimate of drug-likeness (QED) is 0.646. The number of nitrogens with zero attached hydrogens (tertiary/aromatic N) is 2. The number of amides is 1. The Kier molecular flexibility index (Phi) is 4.95. The van der Waals surface area contributed by atoms with Crippen molar-refractivity contribution in [3.63, 3.8) is 0 Å². The van der Waals surface area contributed by atoms with Gasteiger partial charge in [0.1, 0.15) is 0 Å². The summed E-state index contributed by atoms with van der Waals surface area (Å²) in [6.45, 7) is 5.16. The molecule has 2 unspecified atom stereocenters. The van der Waals surface area contributed by atoms with Gasteiger partial charge in [-0.25, -0.2) is 10.8 Å². The van der Waals surface area contributed by atoms with Gasteiger partial charge in [-0.2, -0.15) is 0 Å². The smallest absolute Gasteiger partial charge is 0.258 e. The lowest BCUT2D eigenvalue weighted by atomic mass is 10.1. The summed E-state index contributed by atoms with van der Waals surface area (Å²) in [6.07, 6.45) is 2.49. The molecule has 1 saturated heterocycles. The van der Waals surface area contributed by atoms with E-state index in [9.17, 15) is 4.79 Å². The SMILES string of the molecule is CCC1COC(C)CN1C(=O)c1cc(Br)cnc1NN. The molecular weight excluding hydrogens is 324 g/mol. The summed E-state index contributed by atoms with van der Waals surface area (Å²) in [4.78, 5) is 18.7. The molecule has 0 bridgehead atoms. The van der Waals surface area contributed by atoms with Crippen molar-refractivity contribution in [3.05, 3.63) is 22.3 Å². The molecule has 1 aliphatic rings. The van der Waals surface area contributed by atoms with Crippen molar-refractivity contribution in [2.24, 2.45) is 5.84 Å². The summed E-state index contributed by atoms with van der Waals surface area (Å²) in [5.74, 6) is 5.75. The Balaban J connectivity index is 2.31. The standard InChI is InChI=1S/C13H19BrN4O2/c1-3-10-7-20-8(2)6-18(10)13(19)11-4-9(14)5-16-12(11)17-15/h4-5,8,10H,3,6-7,15H2,1-2H3,(H,16,17). The number of halogens is 1. The highest BCUT2D eigenvalue weighted by atomic mass is 79.9. The predicted octanol–water partition coefficient (Wildman–Crippen LogP) is 1.77. The average molecular weight is 343 g/mol. The van der Waals surface area contributed by atoms with Gasteiger partial charge >= 0.3 is 0 Å². The van der Waals surface area contributed by atoms with E-state index in [1.54, 1.807) is 12.3 Å². The second kappa shape index (κ2) is 6.51. The normalized spacial score (nSPS) is 22.7. The van der Waals surface area contributed by atoms with Crippen molar-refractivity contribution in [3.8, 4) is 0 Å². The zero-order valence-corrected chi connectivity index (χ0v) is 13.2. The summed E-state index contributed by atoms with van der Waals surface area (Å²) in [6, 6.07) is 1.82. The van der Waals surface area contributed by atoms with Gasteiger partial charge in [0, 0.05) is 17.2 Å². The van der Waals surface area contributed by atoms with Crippen molar-refractivity contribution in [1.29, 1.82) is 0 Å². The van der Waals surface area contributed by atoms with E-state index in [0.717, 1.165) is 10.9 Å². The van der Waals surface area contributed by atoms with Gasteiger partial charge in [-0.1, -0.05) is 6.92 Å². The monoisotopic (exact) mass is 342 g/mol. The Morgan fingerprint density at radius 3 is 3.10 bits per heavy atom. The van der Waals surface area contributed by atoms with Gasteiger partial charge in [-0.3, -0.25) is 4.79 Å². The summed E-state index contributed by atoms with van der Waals surface area (Å²) < 4.78 is 6.36. The van der Waals surface area contributed by atoms with Crippen LogP contribution in [0.2, 0.25) is 0 Å². The fourth-order valence-corrected chi connectivity index (χ4v) is 2.63. The van der Waals surface area contributed by atoms with Crippen LogP contribution in [0.1, 0.15) is 30.6 Å². The molecule has 1 aliphatic heterocycles. The number of anilines is 1. The maximum absolute atomic E-state index is 12.8. The number of nitrogen functional groups attached to an aromatic ring is 1. The number of ether oxygens (including phenoxy) is 1. The lowest BCUT2D eigenvalue weighted by Gasteiger charge is -2.38. The van der Waals surface area contributed by atoms with Crippen molar-refractivity contribution >= 4 is 27.7 Å². The van der Waals surface area contributed by atoms with E-state index in [-0.39, 0.29) is 18.1 Å². The first kappa shape index (κ1) is 15.2. The van der Waals surface area contributed by atoms with E-state index in [1.807, 2.05) is 18.7 Å². The topological polar surface area (TPSA) is 80.5 Å². The molecule has 0 spiro atoms. The molecule has 6 nitrogen and oxygen atoms in total. The maximum Gasteiger partial charge on any atom is 0.258 e. The van der Waals surface area contributed by atoms with Crippen LogP contribution >= 0.6 is 15.9 Å². The minimum Gasteiger partial charge on any atom is -0.375 e. The van der Waals surface area contributed by atoms with Gasteiger partial charge in [0.05, 0.1) is 24.3 Å². The molecule has 1 fully saturated rings. The van der Waals surface area contributed by atoms with E-state index < -0.39 is 0 Å². The number of hydrogen-bond acceptors (Lipinski definition) is 5. The van der Waals surface area contributed by atoms with Crippen molar-refractivity contribution in [2.45, 2.75) is 32.4 Å². The number of nitrogens with two attached hydrogens (primary N) is 1. The van der Waals surface area contributed by atoms with Crippen LogP contribution in [0.4, 0.5) is 5.82 Å². The van der Waals surface area contributed by atoms with Crippen molar-refractivity contribution in [1.82, 2.24) is 9.88 Å². The van der Waals surface area contributed by atoms with Gasteiger partial charge in [0.2, 0.25) is 0 Å². The molecule has 2 atom stereocenters. The predicted molar refractivity (Wildman–Crippen MR) is 80.3 cm³/mol. The Hall–Kier alpha value is -1.18. The molecular formula is C13H19BrN4O2. The van der Waals surface area contributed by atoms with Crippen molar-refractivity contribution < 1.29 is 9.53 Å². The first-order valence-electron chi connectivity index (χ1n) is 6.61. The van der Waals surface area contributed by atoms with Crippen LogP contribution in [0.25, 0.3) is 0 Å². The Morgan fingerprint density at radius 2 is 2.45 bits per heavy atom. The van der Waals surface area contributed by atoms with Crippen LogP contribution in [0, 0.1) is 0 Å². The largest absolute Gasteiger partial charge is 0.375 e. The number of rotatable bonds is 3. The van der Waals surface area contributed by atoms with Crippen LogP contribution in [-0.2, 0) is 4.74 Å². The van der Waals surface area contributed by atoms with E-state index in [4.69, 9.17) is 10.6 Å². The third-order valence-corrected chi connectivity index (χ3v) is 3.85. The molecule has 7 heteroatoms. The fourth-order valence-electron chi connectivity index (χ4n) is 2.30. The molecule has 110 valence electrons. The molecule has 2 heterocycles. The summed E-state index contributed by atoms with van der Waals surface area (Å²) in [5, 5.41) is 0. The summed E-state index contributed by atoms with van der Waals surface area (Å²) in [7, 11) is 0. The van der Waals surface area contributed by atoms with Gasteiger partial charge in [0.15, 0.2) is 5.82 Å². The molecule has 20 heavy (non-hydrogen) atoms. The summed E-state index contributed by atoms with van der Waals surface area (Å²) >= 11 is 3.34. The first-order chi connectivity index (χ1) is 9.56. The van der Waals surface area contributed by atoms with E-state index >= 15 is 0 Å². The zero-order valence-electron chi connectivity index (χ0n) is 11.6. The number of nitrogens with one attached hydrogen (secondary N) is 1. The third-order valence-electron chi connectivity index (χ3n) is 3.42. The number of morpholine rings is 1. The lowest BCUT2D eigenvalue weighted by molar-refractivity contribution is -0.0443. The van der Waals surface area contributed by atoms with Crippen LogP contribution in [0.5, 0.6) is 0 Å². The van der Waals surface area contributed by atoms with Crippen LogP contribution in [0.3, 0.4) is 0 Å². The number of pyridine rings is 1. The molecule has 1 amide bonds. The molecule has 1 aromatic rings. The highest BCUT2D eigenvalue weighted by Gasteiger charge is 2.31. The van der Waals surface area contributed by atoms with Gasteiger partial charge in [-0.15, -0.1) is 0 Å². The molecule has 3 N–H and O–H groups in total. The molecule has 0 radical (unpaired) electrons. The molecule has 2 rings (SSSR count). The van der Waals surface area contributed by atoms with Crippen LogP contribution < -0.4 is 11.3 Å². The molecule has 0 aliphatic carbocycles. The van der Waals surface area contributed by atoms with E-state index in [2.05, 4.69) is 26.3 Å². The van der Waals surface area contributed by atoms with Crippen LogP contribution in [-0.4, -0.2) is 41.1 Å². The molecule has 0 saturated carbocycles. The minimum atomic E-state index is -0.0752. The number of carbonyl (C=O) groups is 1. The Bertz CT molecular complexity index is 497. The van der Waals surface area contributed by atoms with E-state index in [1.165, 1.54) is 0 Å². The second-order valence-electron chi connectivity index (χ2n) is 4.86. The summed E-state index contributed by atoms with van der Waals surface area (Å²) in [5.41, 5.74) is 2.94. The number of hydrazine groups is 1. The van der Waals surface area contributed by atoms with Gasteiger partial charge in [0.25, 0.3) is 5.91 Å². The van der Waals surface area contributed by atoms with Gasteiger partial charge < -0.3 is 15.1 Å². The number of hydrogen-bond donors (Lipinski definition) is 2. The fraction of sp³-hybridized carbons (Fsp3) is 0.538. The Morgan fingerprint density at radius 1 is 1.70 bits per heavy atom. The maximum atomic E-state index is 12.8. The number of carbonyl (C=O) groups excluding carboxylic acids is 1. The lowest BCUT2D eigenvalue weighted by Crippen LogP contribution is -2.51. The molecule has 0 aromatic carbocycles. The zero-order chi connectivity index (χ0) is 14.7. The second-order valence-corrected chi connectivity index (χ2v) is 5.77. The number of aromatic nitrogens is 1. The van der Waals surface area contributed by atoms with E-state index in [0.29, 0.717) is 24.5 Å². The first-order valence-corrected chi connectivity index (χ1v) is 7.40. The third kappa shape index (κ3) is 3.11. The highest BCUT2D eigenvalue weighted by molar-refractivity contribution is 9.10. The molecule has 1 aromatic heterocycles. The average Bonchev–Trinajstić information content (AvgIpc) is 2.46. The highest BCUT2D eigenvalue weighted by Crippen LogP contribution is 2.23. The minimum absolute atomic E-state index is 0.0381. The van der Waals surface area contributed by atoms with Gasteiger partial charge in [-0.05, 0) is 35.3 Å². The van der Waals surface area contributed by atoms with Crippen LogP contribution in [0.15, 0.2) is 16.7 Å². The van der Waals surface area contributed by atoms with Crippen molar-refractivity contribution in [2.75, 3.05) is 18.6 Å². The Labute approximate surface area is 126 Å².